The lowest BCUT2D eigenvalue weighted by Gasteiger charge is -2.46. The molecule has 1 atom stereocenters. The molecule has 5 nitrogen and oxygen atoms in total. The summed E-state index contributed by atoms with van der Waals surface area (Å²) in [5.41, 5.74) is 1.24. The lowest BCUT2D eigenvalue weighted by Crippen LogP contribution is -2.61. The van der Waals surface area contributed by atoms with E-state index in [2.05, 4.69) is 38.6 Å². The third-order valence-electron chi connectivity index (χ3n) is 4.41. The molecule has 0 unspecified atom stereocenters. The Morgan fingerprint density at radius 2 is 1.85 bits per heavy atom. The number of hydrogen-bond donors (Lipinski definition) is 0. The number of hydrogen-bond acceptors (Lipinski definition) is 5. The van der Waals surface area contributed by atoms with E-state index in [1.807, 2.05) is 12.4 Å². The molecule has 0 amide bonds. The number of fused-ring (bicyclic) bond motifs is 1. The number of aromatic nitrogens is 2. The van der Waals surface area contributed by atoms with Crippen molar-refractivity contribution < 1.29 is 0 Å². The quantitative estimate of drug-likeness (QED) is 0.818. The smallest absolute Gasteiger partial charge is 0.225 e. The van der Waals surface area contributed by atoms with Crippen LogP contribution >= 0.6 is 0 Å². The Morgan fingerprint density at radius 3 is 2.60 bits per heavy atom. The lowest BCUT2D eigenvalue weighted by molar-refractivity contribution is 0.0802. The van der Waals surface area contributed by atoms with Crippen LogP contribution in [0.2, 0.25) is 0 Å². The van der Waals surface area contributed by atoms with E-state index in [1.54, 1.807) is 0 Å². The van der Waals surface area contributed by atoms with Gasteiger partial charge in [0.1, 0.15) is 0 Å². The first-order valence-corrected chi connectivity index (χ1v) is 7.74. The number of rotatable bonds is 3. The second kappa shape index (κ2) is 6.06. The maximum absolute atomic E-state index is 4.56. The fourth-order valence-electron chi connectivity index (χ4n) is 3.22. The standard InChI is InChI=1S/C15H25N5/c1-3-4-13-9-16-15(17-10-13)20-8-7-19-6-5-18(2)11-14(19)12-20/h9-10,14H,3-8,11-12H2,1-2H3/t14-/m1/s1. The first-order chi connectivity index (χ1) is 9.76. The van der Waals surface area contributed by atoms with Crippen LogP contribution in [0, 0.1) is 0 Å². The Balaban J connectivity index is 1.65. The number of nitrogens with zero attached hydrogens (tertiary/aromatic N) is 5. The predicted octanol–water partition coefficient (Wildman–Crippen LogP) is 0.865. The van der Waals surface area contributed by atoms with Gasteiger partial charge in [0, 0.05) is 57.7 Å². The van der Waals surface area contributed by atoms with Gasteiger partial charge in [-0.2, -0.15) is 0 Å². The zero-order chi connectivity index (χ0) is 13.9. The van der Waals surface area contributed by atoms with Gasteiger partial charge in [0.2, 0.25) is 5.95 Å². The molecule has 2 fully saturated rings. The van der Waals surface area contributed by atoms with Gasteiger partial charge in [-0.05, 0) is 19.0 Å². The number of likely N-dealkylation sites (N-methyl/N-ethyl adjacent to an activating group) is 1. The minimum Gasteiger partial charge on any atom is -0.338 e. The van der Waals surface area contributed by atoms with E-state index in [0.29, 0.717) is 6.04 Å². The van der Waals surface area contributed by atoms with Crippen molar-refractivity contribution in [1.29, 1.82) is 0 Å². The Morgan fingerprint density at radius 1 is 1.10 bits per heavy atom. The zero-order valence-corrected chi connectivity index (χ0v) is 12.6. The zero-order valence-electron chi connectivity index (χ0n) is 12.6. The molecule has 1 aromatic rings. The molecule has 0 aliphatic carbocycles. The molecule has 3 rings (SSSR count). The van der Waals surface area contributed by atoms with Gasteiger partial charge in [-0.3, -0.25) is 4.90 Å². The molecule has 2 aliphatic heterocycles. The van der Waals surface area contributed by atoms with Gasteiger partial charge in [0.25, 0.3) is 0 Å². The van der Waals surface area contributed by atoms with Crippen LogP contribution in [0.25, 0.3) is 0 Å². The molecule has 0 bridgehead atoms. The van der Waals surface area contributed by atoms with Crippen molar-refractivity contribution in [3.63, 3.8) is 0 Å². The summed E-state index contributed by atoms with van der Waals surface area (Å²) in [7, 11) is 2.21. The molecule has 1 aromatic heterocycles. The van der Waals surface area contributed by atoms with Crippen molar-refractivity contribution in [3.05, 3.63) is 18.0 Å². The maximum atomic E-state index is 4.56. The summed E-state index contributed by atoms with van der Waals surface area (Å²) in [6.45, 7) is 8.98. The van der Waals surface area contributed by atoms with Crippen molar-refractivity contribution in [3.8, 4) is 0 Å². The summed E-state index contributed by atoms with van der Waals surface area (Å²) in [6.07, 6.45) is 6.20. The summed E-state index contributed by atoms with van der Waals surface area (Å²) in [4.78, 5) is 16.5. The molecule has 20 heavy (non-hydrogen) atoms. The van der Waals surface area contributed by atoms with Crippen LogP contribution in [0.1, 0.15) is 18.9 Å². The molecule has 0 radical (unpaired) electrons. The van der Waals surface area contributed by atoms with Gasteiger partial charge in [-0.15, -0.1) is 0 Å². The van der Waals surface area contributed by atoms with Crippen molar-refractivity contribution in [2.45, 2.75) is 25.8 Å². The summed E-state index contributed by atoms with van der Waals surface area (Å²) in [5, 5.41) is 0. The van der Waals surface area contributed by atoms with E-state index in [1.165, 1.54) is 18.7 Å². The van der Waals surface area contributed by atoms with E-state index < -0.39 is 0 Å². The highest BCUT2D eigenvalue weighted by Gasteiger charge is 2.31. The summed E-state index contributed by atoms with van der Waals surface area (Å²) in [5.74, 6) is 0.901. The van der Waals surface area contributed by atoms with Crippen molar-refractivity contribution >= 4 is 5.95 Å². The van der Waals surface area contributed by atoms with Gasteiger partial charge in [0.05, 0.1) is 0 Å². The van der Waals surface area contributed by atoms with Crippen LogP contribution in [0.4, 0.5) is 5.95 Å². The van der Waals surface area contributed by atoms with Gasteiger partial charge < -0.3 is 9.80 Å². The monoisotopic (exact) mass is 275 g/mol. The van der Waals surface area contributed by atoms with Crippen LogP contribution in [0.5, 0.6) is 0 Å². The van der Waals surface area contributed by atoms with Crippen molar-refractivity contribution in [2.75, 3.05) is 51.2 Å². The molecular weight excluding hydrogens is 250 g/mol. The average Bonchev–Trinajstić information content (AvgIpc) is 2.47. The molecule has 5 heteroatoms. The Labute approximate surface area is 121 Å². The minimum atomic E-state index is 0.626. The largest absolute Gasteiger partial charge is 0.338 e. The maximum Gasteiger partial charge on any atom is 0.225 e. The van der Waals surface area contributed by atoms with Gasteiger partial charge in [-0.1, -0.05) is 13.3 Å². The molecule has 2 aliphatic rings. The lowest BCUT2D eigenvalue weighted by atomic mass is 10.1. The first-order valence-electron chi connectivity index (χ1n) is 7.74. The number of aryl methyl sites for hydroxylation is 1. The summed E-state index contributed by atoms with van der Waals surface area (Å²) in [6, 6.07) is 0.626. The fourth-order valence-corrected chi connectivity index (χ4v) is 3.22. The minimum absolute atomic E-state index is 0.626. The van der Waals surface area contributed by atoms with E-state index in [0.717, 1.165) is 45.0 Å². The molecule has 2 saturated heterocycles. The highest BCUT2D eigenvalue weighted by atomic mass is 15.4. The Hall–Kier alpha value is -1.20. The van der Waals surface area contributed by atoms with E-state index in [-0.39, 0.29) is 0 Å². The second-order valence-electron chi connectivity index (χ2n) is 6.04. The predicted molar refractivity (Wildman–Crippen MR) is 81.1 cm³/mol. The van der Waals surface area contributed by atoms with Crippen molar-refractivity contribution in [2.24, 2.45) is 0 Å². The molecular formula is C15H25N5. The topological polar surface area (TPSA) is 35.5 Å². The number of piperazine rings is 2. The summed E-state index contributed by atoms with van der Waals surface area (Å²) < 4.78 is 0. The van der Waals surface area contributed by atoms with Gasteiger partial charge in [-0.25, -0.2) is 9.97 Å². The van der Waals surface area contributed by atoms with E-state index in [9.17, 15) is 0 Å². The van der Waals surface area contributed by atoms with Gasteiger partial charge >= 0.3 is 0 Å². The highest BCUT2D eigenvalue weighted by molar-refractivity contribution is 5.31. The fraction of sp³-hybridized carbons (Fsp3) is 0.733. The molecule has 0 aromatic carbocycles. The Bertz CT molecular complexity index is 432. The third kappa shape index (κ3) is 2.94. The molecule has 0 spiro atoms. The van der Waals surface area contributed by atoms with Crippen LogP contribution in [-0.4, -0.2) is 72.1 Å². The average molecular weight is 275 g/mol. The highest BCUT2D eigenvalue weighted by Crippen LogP contribution is 2.18. The molecule has 3 heterocycles. The van der Waals surface area contributed by atoms with Crippen LogP contribution in [0.15, 0.2) is 12.4 Å². The first kappa shape index (κ1) is 13.8. The molecule has 110 valence electrons. The second-order valence-corrected chi connectivity index (χ2v) is 6.04. The molecule has 0 N–H and O–H groups in total. The van der Waals surface area contributed by atoms with Crippen LogP contribution in [0.3, 0.4) is 0 Å². The van der Waals surface area contributed by atoms with Gasteiger partial charge in [0.15, 0.2) is 0 Å². The SMILES string of the molecule is CCCc1cnc(N2CCN3CCN(C)C[C@@H]3C2)nc1. The van der Waals surface area contributed by atoms with Crippen LogP contribution < -0.4 is 4.90 Å². The van der Waals surface area contributed by atoms with E-state index >= 15 is 0 Å². The van der Waals surface area contributed by atoms with E-state index in [4.69, 9.17) is 0 Å². The Kier molecular flexibility index (Phi) is 4.17. The van der Waals surface area contributed by atoms with Crippen LogP contribution in [-0.2, 0) is 6.42 Å². The third-order valence-corrected chi connectivity index (χ3v) is 4.41. The summed E-state index contributed by atoms with van der Waals surface area (Å²) >= 11 is 0. The molecule has 0 saturated carbocycles. The normalized spacial score (nSPS) is 24.7. The number of anilines is 1. The van der Waals surface area contributed by atoms with Crippen molar-refractivity contribution in [1.82, 2.24) is 19.8 Å².